The van der Waals surface area contributed by atoms with Crippen molar-refractivity contribution in [2.75, 3.05) is 0 Å². The Balaban J connectivity index is 2.92. The topological polar surface area (TPSA) is 9.23 Å². The molecule has 1 nitrogen and oxygen atoms in total. The molecule has 11 heavy (non-hydrogen) atoms. The summed E-state index contributed by atoms with van der Waals surface area (Å²) in [5.74, 6) is 0. The summed E-state index contributed by atoms with van der Waals surface area (Å²) >= 11 is 0. The number of hydrogen-bond acceptors (Lipinski definition) is 1. The molecule has 0 saturated heterocycles. The lowest BCUT2D eigenvalue weighted by Gasteiger charge is -2.03. The van der Waals surface area contributed by atoms with Gasteiger partial charge in [0.05, 0.1) is 6.61 Å². The van der Waals surface area contributed by atoms with E-state index in [0.717, 1.165) is 10.5 Å². The molecule has 0 heterocycles. The highest BCUT2D eigenvalue weighted by Crippen LogP contribution is 2.10. The SMILES string of the molecule is C=Cc1ccccc1CO[SiH3]. The first-order valence-electron chi connectivity index (χ1n) is 3.57. The largest absolute Gasteiger partial charge is 0.424 e. The van der Waals surface area contributed by atoms with E-state index in [9.17, 15) is 0 Å². The van der Waals surface area contributed by atoms with E-state index in [0.29, 0.717) is 6.61 Å². The molecule has 1 rings (SSSR count). The fourth-order valence-corrected chi connectivity index (χ4v) is 1.33. The number of benzene rings is 1. The summed E-state index contributed by atoms with van der Waals surface area (Å²) in [7, 11) is 0.790. The first-order valence-corrected chi connectivity index (χ1v) is 4.39. The fraction of sp³-hybridized carbons (Fsp3) is 0.111. The van der Waals surface area contributed by atoms with Gasteiger partial charge in [0.25, 0.3) is 0 Å². The lowest BCUT2D eigenvalue weighted by Crippen LogP contribution is -1.90. The van der Waals surface area contributed by atoms with Crippen molar-refractivity contribution in [1.82, 2.24) is 0 Å². The average Bonchev–Trinajstić information content (AvgIpc) is 2.06. The summed E-state index contributed by atoms with van der Waals surface area (Å²) in [4.78, 5) is 0. The van der Waals surface area contributed by atoms with E-state index in [-0.39, 0.29) is 0 Å². The number of rotatable bonds is 3. The Morgan fingerprint density at radius 1 is 1.45 bits per heavy atom. The van der Waals surface area contributed by atoms with Crippen molar-refractivity contribution in [3.8, 4) is 0 Å². The minimum atomic E-state index is 0.717. The third kappa shape index (κ3) is 2.03. The van der Waals surface area contributed by atoms with E-state index in [4.69, 9.17) is 4.43 Å². The third-order valence-electron chi connectivity index (χ3n) is 1.57. The Morgan fingerprint density at radius 2 is 2.18 bits per heavy atom. The molecule has 0 fully saturated rings. The Kier molecular flexibility index (Phi) is 3.07. The van der Waals surface area contributed by atoms with Crippen molar-refractivity contribution >= 4 is 16.6 Å². The van der Waals surface area contributed by atoms with Crippen LogP contribution in [0.25, 0.3) is 6.08 Å². The van der Waals surface area contributed by atoms with Crippen LogP contribution in [0.3, 0.4) is 0 Å². The second-order valence-electron chi connectivity index (χ2n) is 2.34. The van der Waals surface area contributed by atoms with Crippen LogP contribution in [0.1, 0.15) is 11.1 Å². The van der Waals surface area contributed by atoms with E-state index in [1.807, 2.05) is 24.3 Å². The van der Waals surface area contributed by atoms with Gasteiger partial charge in [-0.25, -0.2) is 0 Å². The smallest absolute Gasteiger partial charge is 0.146 e. The Morgan fingerprint density at radius 3 is 2.82 bits per heavy atom. The molecule has 0 bridgehead atoms. The molecule has 0 atom stereocenters. The highest BCUT2D eigenvalue weighted by atomic mass is 28.2. The normalized spacial score (nSPS) is 9.82. The molecule has 0 saturated carbocycles. The van der Waals surface area contributed by atoms with Gasteiger partial charge in [-0.15, -0.1) is 0 Å². The van der Waals surface area contributed by atoms with Gasteiger partial charge >= 0.3 is 0 Å². The summed E-state index contributed by atoms with van der Waals surface area (Å²) < 4.78 is 5.16. The van der Waals surface area contributed by atoms with Gasteiger partial charge in [0, 0.05) is 0 Å². The van der Waals surface area contributed by atoms with Gasteiger partial charge in [-0.3, -0.25) is 0 Å². The van der Waals surface area contributed by atoms with Crippen LogP contribution in [0.5, 0.6) is 0 Å². The predicted molar refractivity (Wildman–Crippen MR) is 51.3 cm³/mol. The van der Waals surface area contributed by atoms with Crippen LogP contribution in [0.15, 0.2) is 30.8 Å². The zero-order valence-electron chi connectivity index (χ0n) is 6.71. The van der Waals surface area contributed by atoms with Crippen LogP contribution < -0.4 is 0 Å². The molecule has 0 aliphatic carbocycles. The van der Waals surface area contributed by atoms with Crippen LogP contribution in [0, 0.1) is 0 Å². The summed E-state index contributed by atoms with van der Waals surface area (Å²) in [5.41, 5.74) is 2.39. The maximum Gasteiger partial charge on any atom is 0.146 e. The molecule has 0 unspecified atom stereocenters. The lowest BCUT2D eigenvalue weighted by molar-refractivity contribution is 0.338. The molecular formula is C9H12OSi. The van der Waals surface area contributed by atoms with E-state index >= 15 is 0 Å². The quantitative estimate of drug-likeness (QED) is 0.608. The van der Waals surface area contributed by atoms with Crippen molar-refractivity contribution in [2.45, 2.75) is 6.61 Å². The van der Waals surface area contributed by atoms with Gasteiger partial charge in [-0.1, -0.05) is 36.9 Å². The van der Waals surface area contributed by atoms with Crippen molar-refractivity contribution in [3.05, 3.63) is 42.0 Å². The monoisotopic (exact) mass is 164 g/mol. The third-order valence-corrected chi connectivity index (χ3v) is 1.86. The Labute approximate surface area is 70.2 Å². The summed E-state index contributed by atoms with van der Waals surface area (Å²) in [6, 6.07) is 8.13. The van der Waals surface area contributed by atoms with Crippen molar-refractivity contribution in [1.29, 1.82) is 0 Å². The molecule has 0 aromatic heterocycles. The number of hydrogen-bond donors (Lipinski definition) is 0. The fourth-order valence-electron chi connectivity index (χ4n) is 1.02. The standard InChI is InChI=1S/C9H12OSi/c1-2-8-5-3-4-6-9(8)7-10-11/h2-6H,1,7H2,11H3. The molecule has 58 valence electrons. The first-order chi connectivity index (χ1) is 5.38. The van der Waals surface area contributed by atoms with Gasteiger partial charge in [0.1, 0.15) is 10.5 Å². The van der Waals surface area contributed by atoms with Crippen LogP contribution in [0.4, 0.5) is 0 Å². The Hall–Kier alpha value is -0.863. The molecule has 0 amide bonds. The second kappa shape index (κ2) is 4.11. The van der Waals surface area contributed by atoms with Crippen molar-refractivity contribution in [2.24, 2.45) is 0 Å². The van der Waals surface area contributed by atoms with Gasteiger partial charge in [0.2, 0.25) is 0 Å². The molecule has 0 N–H and O–H groups in total. The molecular weight excluding hydrogens is 152 g/mol. The molecule has 0 radical (unpaired) electrons. The van der Waals surface area contributed by atoms with E-state index in [1.165, 1.54) is 11.1 Å². The van der Waals surface area contributed by atoms with Gasteiger partial charge in [0.15, 0.2) is 0 Å². The summed E-state index contributed by atoms with van der Waals surface area (Å²) in [6.07, 6.45) is 1.86. The molecule has 1 aromatic rings. The van der Waals surface area contributed by atoms with E-state index < -0.39 is 0 Å². The van der Waals surface area contributed by atoms with Crippen LogP contribution in [-0.4, -0.2) is 10.5 Å². The first kappa shape index (κ1) is 8.24. The zero-order chi connectivity index (χ0) is 8.10. The molecule has 2 heteroatoms. The maximum absolute atomic E-state index is 5.16. The van der Waals surface area contributed by atoms with Crippen molar-refractivity contribution < 1.29 is 4.43 Å². The maximum atomic E-state index is 5.16. The average molecular weight is 164 g/mol. The summed E-state index contributed by atoms with van der Waals surface area (Å²) in [6.45, 7) is 4.45. The minimum absolute atomic E-state index is 0.717. The van der Waals surface area contributed by atoms with Gasteiger partial charge in [-0.2, -0.15) is 0 Å². The molecule has 0 aliphatic heterocycles. The highest BCUT2D eigenvalue weighted by molar-refractivity contribution is 5.97. The lowest BCUT2D eigenvalue weighted by atomic mass is 10.1. The van der Waals surface area contributed by atoms with Gasteiger partial charge < -0.3 is 4.43 Å². The predicted octanol–water partition coefficient (Wildman–Crippen LogP) is 1.13. The molecule has 0 aliphatic rings. The zero-order valence-corrected chi connectivity index (χ0v) is 8.71. The Bertz CT molecular complexity index is 245. The van der Waals surface area contributed by atoms with Crippen LogP contribution >= 0.6 is 0 Å². The van der Waals surface area contributed by atoms with Crippen LogP contribution in [0.2, 0.25) is 0 Å². The summed E-state index contributed by atoms with van der Waals surface area (Å²) in [5, 5.41) is 0. The van der Waals surface area contributed by atoms with E-state index in [2.05, 4.69) is 12.6 Å². The van der Waals surface area contributed by atoms with Crippen molar-refractivity contribution in [3.63, 3.8) is 0 Å². The minimum Gasteiger partial charge on any atom is -0.424 e. The van der Waals surface area contributed by atoms with E-state index in [1.54, 1.807) is 0 Å². The second-order valence-corrected chi connectivity index (χ2v) is 2.91. The highest BCUT2D eigenvalue weighted by Gasteiger charge is 1.94. The van der Waals surface area contributed by atoms with Gasteiger partial charge in [-0.05, 0) is 11.1 Å². The molecule has 1 aromatic carbocycles. The molecule has 0 spiro atoms. The van der Waals surface area contributed by atoms with Crippen LogP contribution in [-0.2, 0) is 11.0 Å².